The minimum atomic E-state index is 0. The number of halogens is 1. The number of nitrogens with two attached hydrogens (primary N) is 2. The maximum Gasteiger partial charge on any atom is 0.180 e. The summed E-state index contributed by atoms with van der Waals surface area (Å²) in [5, 5.41) is 5.41. The van der Waals surface area contributed by atoms with E-state index in [1.54, 1.807) is 23.7 Å². The Balaban J connectivity index is 0.000000292. The van der Waals surface area contributed by atoms with Gasteiger partial charge >= 0.3 is 0 Å². The van der Waals surface area contributed by atoms with Crippen LogP contribution in [0.3, 0.4) is 0 Å². The molecular weight excluding hydrogens is 430 g/mol. The first-order valence-electron chi connectivity index (χ1n) is 10.3. The van der Waals surface area contributed by atoms with E-state index in [1.807, 2.05) is 34.9 Å². The molecule has 0 amide bonds. The summed E-state index contributed by atoms with van der Waals surface area (Å²) in [6.45, 7) is 0.762. The van der Waals surface area contributed by atoms with Crippen LogP contribution in [-0.4, -0.2) is 25.4 Å². The molecular formula is C22H28ClN7S. The summed E-state index contributed by atoms with van der Waals surface area (Å²) in [6.07, 6.45) is 11.9. The van der Waals surface area contributed by atoms with Crippen molar-refractivity contribution in [3.05, 3.63) is 59.2 Å². The molecule has 4 aromatic heterocycles. The van der Waals surface area contributed by atoms with Gasteiger partial charge in [0.1, 0.15) is 5.82 Å². The second-order valence-electron chi connectivity index (χ2n) is 7.39. The van der Waals surface area contributed by atoms with Crippen LogP contribution in [0.5, 0.6) is 0 Å². The Morgan fingerprint density at radius 2 is 1.94 bits per heavy atom. The fraction of sp³-hybridized carbons (Fsp3) is 0.318. The molecule has 164 valence electrons. The molecule has 0 unspecified atom stereocenters. The van der Waals surface area contributed by atoms with Gasteiger partial charge in [0.15, 0.2) is 11.5 Å². The molecule has 4 heterocycles. The summed E-state index contributed by atoms with van der Waals surface area (Å²) < 4.78 is 1.90. The summed E-state index contributed by atoms with van der Waals surface area (Å²) in [5.41, 5.74) is 13.8. The van der Waals surface area contributed by atoms with Crippen molar-refractivity contribution in [3.63, 3.8) is 0 Å². The lowest BCUT2D eigenvalue weighted by molar-refractivity contribution is 0.441. The van der Waals surface area contributed by atoms with Crippen LogP contribution >= 0.6 is 23.7 Å². The Labute approximate surface area is 192 Å². The predicted molar refractivity (Wildman–Crippen MR) is 131 cm³/mol. The van der Waals surface area contributed by atoms with E-state index in [-0.39, 0.29) is 12.4 Å². The van der Waals surface area contributed by atoms with Crippen LogP contribution in [0.25, 0.3) is 17.0 Å². The third kappa shape index (κ3) is 5.94. The van der Waals surface area contributed by atoms with E-state index in [0.717, 1.165) is 23.8 Å². The van der Waals surface area contributed by atoms with Gasteiger partial charge in [-0.15, -0.1) is 23.7 Å². The molecule has 7 nitrogen and oxygen atoms in total. The number of hydrogen-bond donors (Lipinski definition) is 3. The van der Waals surface area contributed by atoms with Gasteiger partial charge in [0.2, 0.25) is 0 Å². The summed E-state index contributed by atoms with van der Waals surface area (Å²) in [6, 6.07) is 10.6. The van der Waals surface area contributed by atoms with Crippen LogP contribution in [-0.2, 0) is 6.54 Å². The molecule has 0 aliphatic heterocycles. The monoisotopic (exact) mass is 457 g/mol. The molecule has 1 saturated carbocycles. The zero-order valence-corrected chi connectivity index (χ0v) is 18.9. The average molecular weight is 458 g/mol. The molecule has 0 spiro atoms. The zero-order chi connectivity index (χ0) is 20.8. The first-order chi connectivity index (χ1) is 14.7. The number of pyridine rings is 1. The van der Waals surface area contributed by atoms with Gasteiger partial charge in [-0.2, -0.15) is 0 Å². The number of nitrogens with zero attached hydrogens (tertiary/aromatic N) is 4. The quantitative estimate of drug-likeness (QED) is 0.408. The summed E-state index contributed by atoms with van der Waals surface area (Å²) >= 11 is 1.72. The molecule has 1 aliphatic carbocycles. The predicted octanol–water partition coefficient (Wildman–Crippen LogP) is 4.75. The lowest BCUT2D eigenvalue weighted by Gasteiger charge is -2.15. The molecule has 0 aromatic carbocycles. The second kappa shape index (κ2) is 11.1. The van der Waals surface area contributed by atoms with E-state index >= 15 is 0 Å². The highest BCUT2D eigenvalue weighted by atomic mass is 35.5. The third-order valence-corrected chi connectivity index (χ3v) is 6.02. The van der Waals surface area contributed by atoms with Crippen LogP contribution in [0.1, 0.15) is 37.0 Å². The number of aromatic nitrogens is 4. The van der Waals surface area contributed by atoms with E-state index in [4.69, 9.17) is 11.5 Å². The topological polar surface area (TPSA) is 107 Å². The molecule has 0 saturated heterocycles. The summed E-state index contributed by atoms with van der Waals surface area (Å²) in [7, 11) is 0. The number of anilines is 2. The van der Waals surface area contributed by atoms with Crippen LogP contribution < -0.4 is 16.8 Å². The highest BCUT2D eigenvalue weighted by Gasteiger charge is 2.10. The molecule has 1 aliphatic rings. The van der Waals surface area contributed by atoms with E-state index in [2.05, 4.69) is 31.7 Å². The highest BCUT2D eigenvalue weighted by molar-refractivity contribution is 7.09. The van der Waals surface area contributed by atoms with Gasteiger partial charge in [-0.1, -0.05) is 31.4 Å². The Morgan fingerprint density at radius 1 is 1.10 bits per heavy atom. The largest absolute Gasteiger partial charge is 0.381 e. The van der Waals surface area contributed by atoms with Crippen molar-refractivity contribution < 1.29 is 0 Å². The first-order valence-corrected chi connectivity index (χ1v) is 11.2. The third-order valence-electron chi connectivity index (χ3n) is 5.14. The number of rotatable bonds is 4. The highest BCUT2D eigenvalue weighted by Crippen LogP contribution is 2.22. The number of nitrogen functional groups attached to an aromatic ring is 1. The second-order valence-corrected chi connectivity index (χ2v) is 8.42. The smallest absolute Gasteiger partial charge is 0.180 e. The number of thiophene rings is 1. The molecule has 4 aromatic rings. The van der Waals surface area contributed by atoms with Crippen molar-refractivity contribution in [2.24, 2.45) is 5.73 Å². The summed E-state index contributed by atoms with van der Waals surface area (Å²) in [5.74, 6) is 1.23. The fourth-order valence-corrected chi connectivity index (χ4v) is 4.17. The van der Waals surface area contributed by atoms with Gasteiger partial charge in [0.05, 0.1) is 24.1 Å². The van der Waals surface area contributed by atoms with E-state index < -0.39 is 0 Å². The van der Waals surface area contributed by atoms with Crippen LogP contribution in [0.4, 0.5) is 11.6 Å². The van der Waals surface area contributed by atoms with Crippen molar-refractivity contribution >= 4 is 41.0 Å². The number of nitrogens with one attached hydrogen (secondary N) is 1. The molecule has 9 heteroatoms. The molecule has 31 heavy (non-hydrogen) atoms. The van der Waals surface area contributed by atoms with Gasteiger partial charge in [0, 0.05) is 23.3 Å². The van der Waals surface area contributed by atoms with Crippen LogP contribution in [0.2, 0.25) is 0 Å². The molecule has 0 bridgehead atoms. The van der Waals surface area contributed by atoms with Gasteiger partial charge in [-0.05, 0) is 36.4 Å². The van der Waals surface area contributed by atoms with Crippen molar-refractivity contribution in [3.8, 4) is 11.4 Å². The van der Waals surface area contributed by atoms with E-state index in [0.29, 0.717) is 17.5 Å². The minimum Gasteiger partial charge on any atom is -0.381 e. The first kappa shape index (κ1) is 23.0. The Kier molecular flexibility index (Phi) is 8.22. The van der Waals surface area contributed by atoms with E-state index in [1.165, 1.54) is 37.0 Å². The molecule has 1 fully saturated rings. The summed E-state index contributed by atoms with van der Waals surface area (Å²) in [4.78, 5) is 14.3. The van der Waals surface area contributed by atoms with E-state index in [9.17, 15) is 0 Å². The normalized spacial score (nSPS) is 13.8. The van der Waals surface area contributed by atoms with Crippen LogP contribution in [0.15, 0.2) is 54.3 Å². The number of imidazole rings is 1. The SMILES string of the molecule is Cl.NC1CCCCC1.Nc1nccn2c(-c3cccc(NCc4cccs4)n3)cnc12. The van der Waals surface area contributed by atoms with Gasteiger partial charge in [-0.25, -0.2) is 15.0 Å². The maximum absolute atomic E-state index is 5.85. The lowest BCUT2D eigenvalue weighted by atomic mass is 9.97. The standard InChI is InChI=1S/C16H14N6S.C6H13N.ClH/c17-15-16-20-10-13(22(16)7-6-18-15)12-4-1-5-14(21-12)19-9-11-3-2-8-23-11;7-6-4-2-1-3-5-6;/h1-8,10H,9H2,(H2,17,18)(H,19,21);6H,1-5,7H2;1H. The Hall–Kier alpha value is -2.68. The number of fused-ring (bicyclic) bond motifs is 1. The van der Waals surface area contributed by atoms with Gasteiger partial charge in [-0.3, -0.25) is 4.40 Å². The van der Waals surface area contributed by atoms with Crippen molar-refractivity contribution in [2.75, 3.05) is 11.1 Å². The van der Waals surface area contributed by atoms with Gasteiger partial charge in [0.25, 0.3) is 0 Å². The Morgan fingerprint density at radius 3 is 2.65 bits per heavy atom. The zero-order valence-electron chi connectivity index (χ0n) is 17.3. The van der Waals surface area contributed by atoms with Crippen molar-refractivity contribution in [1.82, 2.24) is 19.4 Å². The van der Waals surface area contributed by atoms with Crippen molar-refractivity contribution in [2.45, 2.75) is 44.7 Å². The maximum atomic E-state index is 5.85. The van der Waals surface area contributed by atoms with Gasteiger partial charge < -0.3 is 16.8 Å². The molecule has 5 rings (SSSR count). The average Bonchev–Trinajstić information content (AvgIpc) is 3.44. The minimum absolute atomic E-state index is 0. The lowest BCUT2D eigenvalue weighted by Crippen LogP contribution is -2.22. The molecule has 0 radical (unpaired) electrons. The fourth-order valence-electron chi connectivity index (χ4n) is 3.53. The Bertz CT molecular complexity index is 1070. The molecule has 5 N–H and O–H groups in total. The number of hydrogen-bond acceptors (Lipinski definition) is 7. The molecule has 0 atom stereocenters. The van der Waals surface area contributed by atoms with Crippen molar-refractivity contribution in [1.29, 1.82) is 0 Å². The van der Waals surface area contributed by atoms with Crippen LogP contribution in [0, 0.1) is 0 Å².